The number of benzene rings is 2. The molecule has 2 aromatic carbocycles. The van der Waals surface area contributed by atoms with Gasteiger partial charge in [-0.25, -0.2) is 0 Å². The van der Waals surface area contributed by atoms with Crippen LogP contribution in [0.2, 0.25) is 0 Å². The molecule has 1 amide bonds. The van der Waals surface area contributed by atoms with Gasteiger partial charge in [0.15, 0.2) is 0 Å². The summed E-state index contributed by atoms with van der Waals surface area (Å²) < 4.78 is 0. The van der Waals surface area contributed by atoms with Gasteiger partial charge in [-0.1, -0.05) is 48.9 Å². The summed E-state index contributed by atoms with van der Waals surface area (Å²) in [5.74, 6) is 0.0197. The molecule has 1 saturated heterocycles. The molecule has 1 fully saturated rings. The van der Waals surface area contributed by atoms with E-state index in [4.69, 9.17) is 0 Å². The molecule has 132 valence electrons. The summed E-state index contributed by atoms with van der Waals surface area (Å²) in [6, 6.07) is 18.8. The van der Waals surface area contributed by atoms with Crippen molar-refractivity contribution in [2.45, 2.75) is 38.6 Å². The predicted octanol–water partition coefficient (Wildman–Crippen LogP) is 4.35. The van der Waals surface area contributed by atoms with E-state index in [0.29, 0.717) is 6.04 Å². The first-order valence-corrected chi connectivity index (χ1v) is 9.42. The maximum atomic E-state index is 12.3. The first kappa shape index (κ1) is 17.7. The van der Waals surface area contributed by atoms with Crippen LogP contribution >= 0.6 is 0 Å². The van der Waals surface area contributed by atoms with Gasteiger partial charge in [0, 0.05) is 24.7 Å². The number of carbonyl (C=O) groups is 1. The number of rotatable bonds is 6. The van der Waals surface area contributed by atoms with Crippen molar-refractivity contribution in [2.24, 2.45) is 0 Å². The molecule has 1 atom stereocenters. The van der Waals surface area contributed by atoms with Crippen LogP contribution in [0.3, 0.4) is 0 Å². The van der Waals surface area contributed by atoms with Crippen molar-refractivity contribution < 1.29 is 4.79 Å². The van der Waals surface area contributed by atoms with Crippen LogP contribution in [0.25, 0.3) is 11.1 Å². The first-order valence-electron chi connectivity index (χ1n) is 9.42. The van der Waals surface area contributed by atoms with Crippen LogP contribution in [0.15, 0.2) is 54.6 Å². The Balaban J connectivity index is 1.45. The van der Waals surface area contributed by atoms with Crippen LogP contribution in [-0.4, -0.2) is 36.5 Å². The molecular formula is C22H28N2O. The van der Waals surface area contributed by atoms with Crippen LogP contribution in [0.5, 0.6) is 0 Å². The number of hydrogen-bond acceptors (Lipinski definition) is 2. The molecule has 1 N–H and O–H groups in total. The Morgan fingerprint density at radius 1 is 1.04 bits per heavy atom. The third kappa shape index (κ3) is 4.93. The largest absolute Gasteiger partial charge is 0.352 e. The lowest BCUT2D eigenvalue weighted by Crippen LogP contribution is -2.39. The van der Waals surface area contributed by atoms with E-state index in [-0.39, 0.29) is 5.91 Å². The maximum Gasteiger partial charge on any atom is 0.251 e. The molecule has 0 spiro atoms. The molecule has 0 aliphatic carbocycles. The van der Waals surface area contributed by atoms with Crippen molar-refractivity contribution in [3.63, 3.8) is 0 Å². The van der Waals surface area contributed by atoms with E-state index in [1.807, 2.05) is 42.5 Å². The molecule has 1 heterocycles. The van der Waals surface area contributed by atoms with Gasteiger partial charge in [-0.15, -0.1) is 0 Å². The van der Waals surface area contributed by atoms with E-state index in [9.17, 15) is 4.79 Å². The van der Waals surface area contributed by atoms with Gasteiger partial charge < -0.3 is 10.2 Å². The van der Waals surface area contributed by atoms with Crippen molar-refractivity contribution in [1.29, 1.82) is 0 Å². The fourth-order valence-electron chi connectivity index (χ4n) is 3.52. The Labute approximate surface area is 151 Å². The minimum absolute atomic E-state index is 0.0197. The second-order valence-corrected chi connectivity index (χ2v) is 6.93. The lowest BCUT2D eigenvalue weighted by Gasteiger charge is -2.33. The van der Waals surface area contributed by atoms with Gasteiger partial charge in [0.1, 0.15) is 0 Å². The number of nitrogens with one attached hydrogen (secondary N) is 1. The number of likely N-dealkylation sites (tertiary alicyclic amines) is 1. The zero-order valence-corrected chi connectivity index (χ0v) is 15.1. The van der Waals surface area contributed by atoms with Crippen LogP contribution < -0.4 is 5.32 Å². The van der Waals surface area contributed by atoms with Gasteiger partial charge >= 0.3 is 0 Å². The van der Waals surface area contributed by atoms with Gasteiger partial charge in [0.05, 0.1) is 0 Å². The molecule has 1 aliphatic rings. The summed E-state index contributed by atoms with van der Waals surface area (Å²) in [5, 5.41) is 3.05. The SMILES string of the molecule is C[C@@H]1CCCCN1CCCNC(=O)c1ccc(-c2ccccc2)cc1. The highest BCUT2D eigenvalue weighted by atomic mass is 16.1. The zero-order valence-electron chi connectivity index (χ0n) is 15.1. The average molecular weight is 336 g/mol. The van der Waals surface area contributed by atoms with Crippen molar-refractivity contribution >= 4 is 5.91 Å². The molecule has 0 radical (unpaired) electrons. The minimum atomic E-state index is 0.0197. The highest BCUT2D eigenvalue weighted by Crippen LogP contribution is 2.19. The lowest BCUT2D eigenvalue weighted by atomic mass is 10.0. The molecule has 0 aromatic heterocycles. The van der Waals surface area contributed by atoms with Crippen molar-refractivity contribution in [1.82, 2.24) is 10.2 Å². The van der Waals surface area contributed by atoms with Gasteiger partial charge in [0.2, 0.25) is 0 Å². The van der Waals surface area contributed by atoms with Crippen LogP contribution in [0, 0.1) is 0 Å². The van der Waals surface area contributed by atoms with Crippen molar-refractivity contribution in [3.8, 4) is 11.1 Å². The Hall–Kier alpha value is -2.13. The molecule has 0 saturated carbocycles. The second kappa shape index (κ2) is 8.82. The highest BCUT2D eigenvalue weighted by Gasteiger charge is 2.17. The second-order valence-electron chi connectivity index (χ2n) is 6.93. The number of amides is 1. The van der Waals surface area contributed by atoms with Crippen molar-refractivity contribution in [2.75, 3.05) is 19.6 Å². The quantitative estimate of drug-likeness (QED) is 0.796. The van der Waals surface area contributed by atoms with E-state index in [0.717, 1.165) is 30.6 Å². The van der Waals surface area contributed by atoms with Crippen LogP contribution in [-0.2, 0) is 0 Å². The van der Waals surface area contributed by atoms with Gasteiger partial charge in [-0.2, -0.15) is 0 Å². The van der Waals surface area contributed by atoms with E-state index in [1.165, 1.54) is 31.4 Å². The Morgan fingerprint density at radius 2 is 1.76 bits per heavy atom. The third-order valence-corrected chi connectivity index (χ3v) is 5.10. The first-order chi connectivity index (χ1) is 12.2. The van der Waals surface area contributed by atoms with E-state index < -0.39 is 0 Å². The molecule has 25 heavy (non-hydrogen) atoms. The standard InChI is InChI=1S/C22H28N2O/c1-18-8-5-6-16-24(18)17-7-15-23-22(25)21-13-11-20(12-14-21)19-9-3-2-4-10-19/h2-4,9-14,18H,5-8,15-17H2,1H3,(H,23,25)/t18-/m1/s1. The Morgan fingerprint density at radius 3 is 2.48 bits per heavy atom. The summed E-state index contributed by atoms with van der Waals surface area (Å²) in [6.07, 6.45) is 4.98. The summed E-state index contributed by atoms with van der Waals surface area (Å²) in [5.41, 5.74) is 3.03. The Kier molecular flexibility index (Phi) is 6.24. The van der Waals surface area contributed by atoms with Gasteiger partial charge in [-0.3, -0.25) is 4.79 Å². The Bertz CT molecular complexity index is 666. The molecular weight excluding hydrogens is 308 g/mol. The maximum absolute atomic E-state index is 12.3. The molecule has 0 unspecified atom stereocenters. The minimum Gasteiger partial charge on any atom is -0.352 e. The highest BCUT2D eigenvalue weighted by molar-refractivity contribution is 5.94. The third-order valence-electron chi connectivity index (χ3n) is 5.10. The topological polar surface area (TPSA) is 32.3 Å². The number of nitrogens with zero attached hydrogens (tertiary/aromatic N) is 1. The smallest absolute Gasteiger partial charge is 0.251 e. The van der Waals surface area contributed by atoms with E-state index >= 15 is 0 Å². The van der Waals surface area contributed by atoms with Gasteiger partial charge in [0.25, 0.3) is 5.91 Å². The zero-order chi connectivity index (χ0) is 17.5. The number of carbonyl (C=O) groups excluding carboxylic acids is 1. The normalized spacial score (nSPS) is 18.0. The molecule has 3 heteroatoms. The predicted molar refractivity (Wildman–Crippen MR) is 104 cm³/mol. The van der Waals surface area contributed by atoms with Crippen molar-refractivity contribution in [3.05, 3.63) is 60.2 Å². The van der Waals surface area contributed by atoms with Crippen LogP contribution in [0.4, 0.5) is 0 Å². The van der Waals surface area contributed by atoms with Gasteiger partial charge in [-0.05, 0) is 56.0 Å². The van der Waals surface area contributed by atoms with E-state index in [2.05, 4.69) is 29.3 Å². The summed E-state index contributed by atoms with van der Waals surface area (Å²) in [7, 11) is 0. The summed E-state index contributed by atoms with van der Waals surface area (Å²) in [4.78, 5) is 14.8. The van der Waals surface area contributed by atoms with Crippen LogP contribution in [0.1, 0.15) is 43.0 Å². The molecule has 3 rings (SSSR count). The molecule has 1 aliphatic heterocycles. The average Bonchev–Trinajstić information content (AvgIpc) is 2.67. The molecule has 3 nitrogen and oxygen atoms in total. The molecule has 0 bridgehead atoms. The molecule has 2 aromatic rings. The number of hydrogen-bond donors (Lipinski definition) is 1. The lowest BCUT2D eigenvalue weighted by molar-refractivity contribution is 0.0949. The van der Waals surface area contributed by atoms with E-state index in [1.54, 1.807) is 0 Å². The monoisotopic (exact) mass is 336 g/mol. The fourth-order valence-corrected chi connectivity index (χ4v) is 3.52. The fraction of sp³-hybridized carbons (Fsp3) is 0.409. The number of piperidine rings is 1. The summed E-state index contributed by atoms with van der Waals surface area (Å²) in [6.45, 7) is 5.33. The summed E-state index contributed by atoms with van der Waals surface area (Å²) >= 11 is 0.